The molecule has 4 nitrogen and oxygen atoms in total. The summed E-state index contributed by atoms with van der Waals surface area (Å²) < 4.78 is 7.93. The zero-order chi connectivity index (χ0) is 14.9. The lowest BCUT2D eigenvalue weighted by Gasteiger charge is -2.13. The third kappa shape index (κ3) is 2.64. The molecule has 0 saturated heterocycles. The zero-order valence-corrected chi connectivity index (χ0v) is 12.9. The predicted octanol–water partition coefficient (Wildman–Crippen LogP) is 3.90. The average molecular weight is 273 g/mol. The van der Waals surface area contributed by atoms with Crippen molar-refractivity contribution < 1.29 is 4.74 Å². The first-order chi connectivity index (χ1) is 9.43. The van der Waals surface area contributed by atoms with Crippen LogP contribution in [0, 0.1) is 27.7 Å². The molecule has 0 aliphatic rings. The van der Waals surface area contributed by atoms with Crippen LogP contribution >= 0.6 is 0 Å². The minimum atomic E-state index is 0.622. The Morgan fingerprint density at radius 1 is 1.20 bits per heavy atom. The first kappa shape index (κ1) is 14.4. The number of ether oxygens (including phenoxy) is 1. The SMILES string of the molecule is CCCn1nc(C)c(N)c1Oc1cc(C)cc(C)c1C. The molecule has 2 rings (SSSR count). The molecule has 0 spiro atoms. The molecule has 0 bridgehead atoms. The summed E-state index contributed by atoms with van der Waals surface area (Å²) in [6.07, 6.45) is 0.989. The van der Waals surface area contributed by atoms with Crippen LogP contribution in [-0.4, -0.2) is 9.78 Å². The van der Waals surface area contributed by atoms with Crippen LogP contribution in [-0.2, 0) is 6.54 Å². The van der Waals surface area contributed by atoms with Gasteiger partial charge in [-0.3, -0.25) is 0 Å². The zero-order valence-electron chi connectivity index (χ0n) is 12.9. The van der Waals surface area contributed by atoms with Crippen LogP contribution in [0.4, 0.5) is 5.69 Å². The molecule has 0 saturated carbocycles. The number of hydrogen-bond donors (Lipinski definition) is 1. The molecule has 0 aliphatic carbocycles. The predicted molar refractivity (Wildman–Crippen MR) is 82.4 cm³/mol. The van der Waals surface area contributed by atoms with Gasteiger partial charge in [0.2, 0.25) is 5.88 Å². The van der Waals surface area contributed by atoms with Gasteiger partial charge in [-0.2, -0.15) is 5.10 Å². The van der Waals surface area contributed by atoms with Gasteiger partial charge >= 0.3 is 0 Å². The van der Waals surface area contributed by atoms with Gasteiger partial charge in [-0.05, 0) is 56.9 Å². The van der Waals surface area contributed by atoms with Gasteiger partial charge in [0, 0.05) is 6.54 Å². The van der Waals surface area contributed by atoms with Gasteiger partial charge in [0.15, 0.2) is 0 Å². The summed E-state index contributed by atoms with van der Waals surface area (Å²) >= 11 is 0. The summed E-state index contributed by atoms with van der Waals surface area (Å²) in [7, 11) is 0. The molecule has 20 heavy (non-hydrogen) atoms. The number of aryl methyl sites for hydroxylation is 4. The number of nitrogens with two attached hydrogens (primary N) is 1. The van der Waals surface area contributed by atoms with Crippen molar-refractivity contribution in [2.45, 2.75) is 47.6 Å². The second kappa shape index (κ2) is 5.57. The Bertz CT molecular complexity index is 629. The minimum Gasteiger partial charge on any atom is -0.437 e. The number of nitrogens with zero attached hydrogens (tertiary/aromatic N) is 2. The number of anilines is 1. The smallest absolute Gasteiger partial charge is 0.241 e. The van der Waals surface area contributed by atoms with Crippen molar-refractivity contribution in [3.63, 3.8) is 0 Å². The fraction of sp³-hybridized carbons (Fsp3) is 0.438. The Balaban J connectivity index is 2.44. The first-order valence-electron chi connectivity index (χ1n) is 7.02. The van der Waals surface area contributed by atoms with Crippen molar-refractivity contribution >= 4 is 5.69 Å². The summed E-state index contributed by atoms with van der Waals surface area (Å²) in [5.41, 5.74) is 11.1. The normalized spacial score (nSPS) is 10.8. The van der Waals surface area contributed by atoms with Crippen molar-refractivity contribution in [1.29, 1.82) is 0 Å². The molecule has 0 atom stereocenters. The van der Waals surface area contributed by atoms with Crippen molar-refractivity contribution in [2.75, 3.05) is 5.73 Å². The van der Waals surface area contributed by atoms with E-state index >= 15 is 0 Å². The molecule has 108 valence electrons. The third-order valence-corrected chi connectivity index (χ3v) is 3.53. The summed E-state index contributed by atoms with van der Waals surface area (Å²) in [5.74, 6) is 1.50. The highest BCUT2D eigenvalue weighted by Gasteiger charge is 2.16. The highest BCUT2D eigenvalue weighted by Crippen LogP contribution is 2.33. The van der Waals surface area contributed by atoms with E-state index in [0.29, 0.717) is 11.6 Å². The third-order valence-electron chi connectivity index (χ3n) is 3.53. The molecule has 0 aliphatic heterocycles. The number of benzene rings is 1. The molecule has 0 amide bonds. The second-order valence-electron chi connectivity index (χ2n) is 5.33. The number of nitrogen functional groups attached to an aromatic ring is 1. The van der Waals surface area contributed by atoms with E-state index in [0.717, 1.165) is 30.0 Å². The molecule has 2 aromatic rings. The van der Waals surface area contributed by atoms with Crippen molar-refractivity contribution in [1.82, 2.24) is 9.78 Å². The highest BCUT2D eigenvalue weighted by molar-refractivity contribution is 5.55. The van der Waals surface area contributed by atoms with Crippen LogP contribution in [0.1, 0.15) is 35.7 Å². The van der Waals surface area contributed by atoms with Crippen molar-refractivity contribution in [3.8, 4) is 11.6 Å². The van der Waals surface area contributed by atoms with Gasteiger partial charge < -0.3 is 10.5 Å². The number of aromatic nitrogens is 2. The van der Waals surface area contributed by atoms with Crippen LogP contribution in [0.2, 0.25) is 0 Å². The largest absolute Gasteiger partial charge is 0.437 e. The molecule has 0 radical (unpaired) electrons. The first-order valence-corrected chi connectivity index (χ1v) is 7.02. The van der Waals surface area contributed by atoms with Gasteiger partial charge in [0.25, 0.3) is 0 Å². The topological polar surface area (TPSA) is 53.1 Å². The molecule has 1 aromatic heterocycles. The van der Waals surface area contributed by atoms with Gasteiger partial charge in [-0.25, -0.2) is 4.68 Å². The molecule has 0 fully saturated rings. The van der Waals surface area contributed by atoms with Crippen LogP contribution in [0.15, 0.2) is 12.1 Å². The van der Waals surface area contributed by atoms with E-state index in [1.165, 1.54) is 11.1 Å². The fourth-order valence-electron chi connectivity index (χ4n) is 2.26. The Hall–Kier alpha value is -1.97. The van der Waals surface area contributed by atoms with E-state index in [-0.39, 0.29) is 0 Å². The van der Waals surface area contributed by atoms with Crippen molar-refractivity contribution in [3.05, 3.63) is 34.5 Å². The van der Waals surface area contributed by atoms with E-state index < -0.39 is 0 Å². The van der Waals surface area contributed by atoms with E-state index in [1.807, 2.05) is 17.7 Å². The lowest BCUT2D eigenvalue weighted by atomic mass is 10.1. The van der Waals surface area contributed by atoms with E-state index in [2.05, 4.69) is 38.9 Å². The molecular weight excluding hydrogens is 250 g/mol. The lowest BCUT2D eigenvalue weighted by Crippen LogP contribution is -2.03. The maximum Gasteiger partial charge on any atom is 0.241 e. The maximum absolute atomic E-state index is 6.10. The minimum absolute atomic E-state index is 0.622. The second-order valence-corrected chi connectivity index (χ2v) is 5.33. The lowest BCUT2D eigenvalue weighted by molar-refractivity contribution is 0.407. The van der Waals surface area contributed by atoms with Gasteiger partial charge in [0.05, 0.1) is 5.69 Å². The van der Waals surface area contributed by atoms with Gasteiger partial charge in [-0.1, -0.05) is 13.0 Å². The Kier molecular flexibility index (Phi) is 4.02. The Morgan fingerprint density at radius 2 is 1.90 bits per heavy atom. The maximum atomic E-state index is 6.10. The molecule has 1 aromatic carbocycles. The van der Waals surface area contributed by atoms with Gasteiger partial charge in [0.1, 0.15) is 11.4 Å². The van der Waals surface area contributed by atoms with Crippen LogP contribution in [0.3, 0.4) is 0 Å². The Morgan fingerprint density at radius 3 is 2.55 bits per heavy atom. The van der Waals surface area contributed by atoms with Gasteiger partial charge in [-0.15, -0.1) is 0 Å². The van der Waals surface area contributed by atoms with Crippen LogP contribution in [0.25, 0.3) is 0 Å². The number of hydrogen-bond acceptors (Lipinski definition) is 3. The molecule has 2 N–H and O–H groups in total. The average Bonchev–Trinajstić information content (AvgIpc) is 2.63. The molecule has 4 heteroatoms. The highest BCUT2D eigenvalue weighted by atomic mass is 16.5. The molecule has 0 unspecified atom stereocenters. The van der Waals surface area contributed by atoms with Crippen LogP contribution < -0.4 is 10.5 Å². The summed E-state index contributed by atoms with van der Waals surface area (Å²) in [5, 5.41) is 4.44. The molecular formula is C16H23N3O. The van der Waals surface area contributed by atoms with E-state index in [9.17, 15) is 0 Å². The summed E-state index contributed by atoms with van der Waals surface area (Å²) in [4.78, 5) is 0. The fourth-order valence-corrected chi connectivity index (χ4v) is 2.26. The molecule has 1 heterocycles. The quantitative estimate of drug-likeness (QED) is 0.919. The standard InChI is InChI=1S/C16H23N3O/c1-6-7-19-16(15(17)13(5)18-19)20-14-9-10(2)8-11(3)12(14)4/h8-9H,6-7,17H2,1-5H3. The number of rotatable bonds is 4. The van der Waals surface area contributed by atoms with E-state index in [4.69, 9.17) is 10.5 Å². The Labute approximate surface area is 120 Å². The summed E-state index contributed by atoms with van der Waals surface area (Å²) in [6.45, 7) is 11.0. The van der Waals surface area contributed by atoms with E-state index in [1.54, 1.807) is 0 Å². The van der Waals surface area contributed by atoms with Crippen LogP contribution in [0.5, 0.6) is 11.6 Å². The summed E-state index contributed by atoms with van der Waals surface area (Å²) in [6, 6.07) is 4.19. The monoisotopic (exact) mass is 273 g/mol. The van der Waals surface area contributed by atoms with Crippen molar-refractivity contribution in [2.24, 2.45) is 0 Å².